The van der Waals surface area contributed by atoms with Gasteiger partial charge in [0.25, 0.3) is 5.91 Å². The highest BCUT2D eigenvalue weighted by Gasteiger charge is 2.36. The molecule has 4 aromatic rings. The van der Waals surface area contributed by atoms with Crippen molar-refractivity contribution in [1.82, 2.24) is 26.2 Å². The molecular formula is C43H49ClN8O10S. The fraction of sp³-hybridized carbons (Fsp3) is 0.302. The van der Waals surface area contributed by atoms with Crippen LogP contribution >= 0.6 is 11.6 Å². The van der Waals surface area contributed by atoms with E-state index in [2.05, 4.69) is 21.3 Å². The average molecular weight is 905 g/mol. The molecule has 0 saturated carbocycles. The first-order valence-electron chi connectivity index (χ1n) is 19.7. The normalized spacial score (nSPS) is 17.5. The third-order valence-corrected chi connectivity index (χ3v) is 11.3. The highest BCUT2D eigenvalue weighted by molar-refractivity contribution is 7.89. The van der Waals surface area contributed by atoms with Gasteiger partial charge in [0, 0.05) is 35.2 Å². The van der Waals surface area contributed by atoms with E-state index in [1.165, 1.54) is 50.4 Å². The largest absolute Gasteiger partial charge is 0.507 e. The Bertz CT molecular complexity index is 2490. The number of sulfonamides is 1. The van der Waals surface area contributed by atoms with Crippen molar-refractivity contribution >= 4 is 56.9 Å². The van der Waals surface area contributed by atoms with E-state index in [1.54, 1.807) is 36.4 Å². The van der Waals surface area contributed by atoms with Crippen molar-refractivity contribution in [2.45, 2.75) is 62.9 Å². The minimum Gasteiger partial charge on any atom is -0.507 e. The Labute approximate surface area is 368 Å². The highest BCUT2D eigenvalue weighted by Crippen LogP contribution is 2.39. The molecular weight excluding hydrogens is 856 g/mol. The van der Waals surface area contributed by atoms with E-state index in [1.807, 2.05) is 12.1 Å². The van der Waals surface area contributed by atoms with E-state index in [0.29, 0.717) is 30.0 Å². The number of carbonyl (C=O) groups excluding carboxylic acids is 6. The van der Waals surface area contributed by atoms with Crippen LogP contribution in [-0.4, -0.2) is 102 Å². The molecule has 334 valence electrons. The van der Waals surface area contributed by atoms with Gasteiger partial charge in [0.1, 0.15) is 47.6 Å². The highest BCUT2D eigenvalue weighted by atomic mass is 35.5. The number of amides is 5. The standard InChI is InChI=1S/C43H49ClN8O10S/c1-23-39(56)50-33(41(58)51-38(46)36(55)22-63(47,61)62)20-24-6-16-34(53)30(19-24)31-21-28(13-17-35(31)54)37(42(59)48-23)52(2)43(60)32(5-3-4-18-45)49-40(57)27-9-7-25(8-10-27)26-11-14-29(44)15-12-26/h6-17,19,21,23,32-33,37-38,53-54H,3-5,18,20,22,45-46H2,1-2H3,(H,48,59)(H,49,57)(H,50,56)(H,51,58)(H2,47,61,62)/t23-,32-,33-,37-,38+/m0/s1. The molecule has 20 heteroatoms. The minimum atomic E-state index is -4.29. The molecule has 18 nitrogen and oxygen atoms in total. The fourth-order valence-electron chi connectivity index (χ4n) is 6.96. The Morgan fingerprint density at radius 2 is 1.46 bits per heavy atom. The van der Waals surface area contributed by atoms with Gasteiger partial charge in [0.2, 0.25) is 33.7 Å². The Balaban J connectivity index is 1.48. The van der Waals surface area contributed by atoms with Gasteiger partial charge < -0.3 is 47.8 Å². The molecule has 0 saturated heterocycles. The van der Waals surface area contributed by atoms with Crippen molar-refractivity contribution in [2.24, 2.45) is 16.6 Å². The molecule has 0 radical (unpaired) electrons. The number of primary sulfonamides is 1. The summed E-state index contributed by atoms with van der Waals surface area (Å²) in [6.07, 6.45) is -0.998. The number of ketones is 1. The number of hydrogen-bond donors (Lipinski definition) is 9. The summed E-state index contributed by atoms with van der Waals surface area (Å²) in [5.41, 5.74) is 14.1. The summed E-state index contributed by atoms with van der Waals surface area (Å²) in [6, 6.07) is 16.6. The van der Waals surface area contributed by atoms with Crippen LogP contribution < -0.4 is 37.9 Å². The van der Waals surface area contributed by atoms with Crippen molar-refractivity contribution < 1.29 is 47.4 Å². The number of carbonyl (C=O) groups is 6. The van der Waals surface area contributed by atoms with E-state index < -0.39 is 81.4 Å². The summed E-state index contributed by atoms with van der Waals surface area (Å²) in [5.74, 6) is -6.94. The number of nitrogens with zero attached hydrogens (tertiary/aromatic N) is 1. The Hall–Kier alpha value is -6.38. The molecule has 0 aromatic heterocycles. The molecule has 63 heavy (non-hydrogen) atoms. The molecule has 1 heterocycles. The van der Waals surface area contributed by atoms with E-state index in [0.717, 1.165) is 16.0 Å². The van der Waals surface area contributed by atoms with Crippen LogP contribution in [0.2, 0.25) is 5.02 Å². The Morgan fingerprint density at radius 3 is 2.08 bits per heavy atom. The fourth-order valence-corrected chi connectivity index (χ4v) is 7.66. The topological polar surface area (TPSA) is 306 Å². The maximum Gasteiger partial charge on any atom is 0.251 e. The number of unbranched alkanes of at least 4 members (excludes halogenated alkanes) is 1. The summed E-state index contributed by atoms with van der Waals surface area (Å²) in [6.45, 7) is 1.64. The van der Waals surface area contributed by atoms with Crippen molar-refractivity contribution in [3.63, 3.8) is 0 Å². The van der Waals surface area contributed by atoms with E-state index >= 15 is 0 Å². The average Bonchev–Trinajstić information content (AvgIpc) is 3.23. The maximum atomic E-state index is 14.5. The second-order valence-corrected chi connectivity index (χ2v) is 17.2. The number of rotatable bonds is 14. The third kappa shape index (κ3) is 12.4. The zero-order valence-corrected chi connectivity index (χ0v) is 35.9. The van der Waals surface area contributed by atoms with E-state index in [9.17, 15) is 47.4 Å². The molecule has 0 unspecified atom stereocenters. The predicted octanol–water partition coefficient (Wildman–Crippen LogP) is 1.32. The molecule has 5 atom stereocenters. The van der Waals surface area contributed by atoms with Gasteiger partial charge >= 0.3 is 0 Å². The third-order valence-electron chi connectivity index (χ3n) is 10.4. The zero-order valence-electron chi connectivity index (χ0n) is 34.3. The van der Waals surface area contributed by atoms with E-state index in [4.69, 9.17) is 28.2 Å². The second kappa shape index (κ2) is 20.7. The minimum absolute atomic E-state index is 0.0334. The van der Waals surface area contributed by atoms with Crippen LogP contribution in [-0.2, 0) is 40.4 Å². The molecule has 0 spiro atoms. The van der Waals surface area contributed by atoms with Crippen molar-refractivity contribution in [2.75, 3.05) is 19.3 Å². The van der Waals surface area contributed by atoms with Crippen LogP contribution in [0.4, 0.5) is 0 Å². The summed E-state index contributed by atoms with van der Waals surface area (Å²) in [4.78, 5) is 83.2. The smallest absolute Gasteiger partial charge is 0.251 e. The first-order chi connectivity index (χ1) is 29.8. The van der Waals surface area contributed by atoms with Crippen LogP contribution in [0, 0.1) is 0 Å². The number of nitrogens with one attached hydrogen (secondary N) is 4. The number of likely N-dealkylation sites (N-methyl/N-ethyl adjacent to an activating group) is 1. The lowest BCUT2D eigenvalue weighted by Gasteiger charge is -2.32. The van der Waals surface area contributed by atoms with Gasteiger partial charge in [-0.25, -0.2) is 13.6 Å². The number of phenols is 2. The summed E-state index contributed by atoms with van der Waals surface area (Å²) < 4.78 is 22.9. The van der Waals surface area contributed by atoms with Crippen LogP contribution in [0.5, 0.6) is 11.5 Å². The quantitative estimate of drug-likeness (QED) is 0.0640. The number of benzene rings is 4. The summed E-state index contributed by atoms with van der Waals surface area (Å²) >= 11 is 6.03. The van der Waals surface area contributed by atoms with Gasteiger partial charge in [-0.3, -0.25) is 28.8 Å². The summed E-state index contributed by atoms with van der Waals surface area (Å²) in [7, 11) is -2.95. The number of nitrogens with two attached hydrogens (primary N) is 3. The monoisotopic (exact) mass is 904 g/mol. The lowest BCUT2D eigenvalue weighted by Crippen LogP contribution is -2.59. The molecule has 4 bridgehead atoms. The number of fused-ring (bicyclic) bond motifs is 5. The number of phenolic OH excluding ortho intramolecular Hbond substituents is 2. The Morgan fingerprint density at radius 1 is 0.857 bits per heavy atom. The number of hydrogen-bond acceptors (Lipinski definition) is 12. The van der Waals surface area contributed by atoms with Gasteiger partial charge in [-0.15, -0.1) is 0 Å². The van der Waals surface area contributed by atoms with Crippen LogP contribution in [0.1, 0.15) is 53.7 Å². The molecule has 0 aliphatic carbocycles. The Kier molecular flexibility index (Phi) is 15.6. The van der Waals surface area contributed by atoms with Gasteiger partial charge in [-0.1, -0.05) is 48.0 Å². The van der Waals surface area contributed by atoms with Crippen molar-refractivity contribution in [3.05, 3.63) is 107 Å². The number of halogens is 1. The van der Waals surface area contributed by atoms with Gasteiger partial charge in [-0.05, 0) is 104 Å². The van der Waals surface area contributed by atoms with Gasteiger partial charge in [0.15, 0.2) is 5.78 Å². The van der Waals surface area contributed by atoms with Crippen molar-refractivity contribution in [1.29, 1.82) is 0 Å². The predicted molar refractivity (Wildman–Crippen MR) is 234 cm³/mol. The van der Waals surface area contributed by atoms with Crippen LogP contribution in [0.15, 0.2) is 84.9 Å². The maximum absolute atomic E-state index is 14.5. The number of Topliss-reactive ketones (excluding diaryl/α,β-unsaturated/α-hetero) is 1. The first kappa shape index (κ1) is 47.7. The first-order valence-corrected chi connectivity index (χ1v) is 21.8. The van der Waals surface area contributed by atoms with Gasteiger partial charge in [-0.2, -0.15) is 0 Å². The molecule has 0 fully saturated rings. The van der Waals surface area contributed by atoms with Gasteiger partial charge in [0.05, 0.1) is 0 Å². The lowest BCUT2D eigenvalue weighted by atomic mass is 9.93. The van der Waals surface area contributed by atoms with Crippen LogP contribution in [0.25, 0.3) is 22.3 Å². The SMILES string of the molecule is C[C@@H]1NC(=O)[C@@H](N(C)C(=O)[C@H](CCCCN)NC(=O)c2ccc(-c3ccc(Cl)cc3)cc2)c2ccc(O)c(c2)-c2cc(ccc2O)C[C@@H](C(=O)N[C@@H](N)C(=O)CS(N)(=O)=O)NC1=O. The second-order valence-electron chi connectivity index (χ2n) is 15.1. The number of aromatic hydroxyl groups is 2. The summed E-state index contributed by atoms with van der Waals surface area (Å²) in [5, 5.41) is 37.7. The van der Waals surface area contributed by atoms with Crippen LogP contribution in [0.3, 0.4) is 0 Å². The lowest BCUT2D eigenvalue weighted by molar-refractivity contribution is -0.141. The zero-order chi connectivity index (χ0) is 46.2. The molecule has 4 aromatic carbocycles. The molecule has 5 amide bonds. The molecule has 5 rings (SSSR count). The van der Waals surface area contributed by atoms with Crippen molar-refractivity contribution in [3.8, 4) is 33.8 Å². The molecule has 1 aliphatic heterocycles. The molecule has 12 N–H and O–H groups in total. The van der Waals surface area contributed by atoms with E-state index in [-0.39, 0.29) is 46.6 Å². The molecule has 1 aliphatic rings.